The first-order valence-electron chi connectivity index (χ1n) is 7.40. The highest BCUT2D eigenvalue weighted by Crippen LogP contribution is 2.34. The lowest BCUT2D eigenvalue weighted by Gasteiger charge is -2.18. The summed E-state index contributed by atoms with van der Waals surface area (Å²) < 4.78 is 43.5. The Morgan fingerprint density at radius 1 is 1.21 bits per heavy atom. The largest absolute Gasteiger partial charge is 0.493 e. The lowest BCUT2D eigenvalue weighted by atomic mass is 10.1. The number of aromatic nitrogens is 2. The first-order chi connectivity index (χ1) is 11.3. The summed E-state index contributed by atoms with van der Waals surface area (Å²) in [5, 5.41) is 3.10. The first-order valence-corrected chi connectivity index (χ1v) is 7.40. The molecule has 2 rings (SSSR count). The van der Waals surface area contributed by atoms with Gasteiger partial charge in [0.25, 0.3) is 0 Å². The van der Waals surface area contributed by atoms with Crippen molar-refractivity contribution in [1.82, 2.24) is 9.97 Å². The minimum absolute atomic E-state index is 0.381. The van der Waals surface area contributed by atoms with Crippen LogP contribution in [0.5, 0.6) is 5.75 Å². The Hall–Kier alpha value is -2.51. The summed E-state index contributed by atoms with van der Waals surface area (Å²) in [6.45, 7) is 3.73. The van der Waals surface area contributed by atoms with E-state index in [-0.39, 0.29) is 0 Å². The Morgan fingerprint density at radius 3 is 2.46 bits per heavy atom. The summed E-state index contributed by atoms with van der Waals surface area (Å²) in [6.07, 6.45) is -3.77. The third-order valence-electron chi connectivity index (χ3n) is 3.55. The SMILES string of the molecule is CCc1ccc(OC)c(NC(C)c2ccc(C(F)(F)F)c(N)n2)n1. The molecule has 1 unspecified atom stereocenters. The van der Waals surface area contributed by atoms with Gasteiger partial charge in [0.1, 0.15) is 5.82 Å². The smallest absolute Gasteiger partial charge is 0.419 e. The van der Waals surface area contributed by atoms with E-state index in [4.69, 9.17) is 10.5 Å². The van der Waals surface area contributed by atoms with E-state index in [9.17, 15) is 13.2 Å². The van der Waals surface area contributed by atoms with E-state index >= 15 is 0 Å². The second-order valence-corrected chi connectivity index (χ2v) is 5.24. The lowest BCUT2D eigenvalue weighted by Crippen LogP contribution is -2.15. The third kappa shape index (κ3) is 3.87. The van der Waals surface area contributed by atoms with Crippen LogP contribution < -0.4 is 15.8 Å². The van der Waals surface area contributed by atoms with Crippen LogP contribution in [0.25, 0.3) is 0 Å². The third-order valence-corrected chi connectivity index (χ3v) is 3.55. The zero-order valence-corrected chi connectivity index (χ0v) is 13.6. The number of hydrogen-bond acceptors (Lipinski definition) is 5. The van der Waals surface area contributed by atoms with E-state index in [0.29, 0.717) is 17.3 Å². The van der Waals surface area contributed by atoms with Gasteiger partial charge >= 0.3 is 6.18 Å². The van der Waals surface area contributed by atoms with E-state index < -0.39 is 23.6 Å². The molecule has 24 heavy (non-hydrogen) atoms. The molecule has 0 aliphatic heterocycles. The van der Waals surface area contributed by atoms with Crippen molar-refractivity contribution in [1.29, 1.82) is 0 Å². The van der Waals surface area contributed by atoms with Crippen LogP contribution in [0.15, 0.2) is 24.3 Å². The number of halogens is 3. The van der Waals surface area contributed by atoms with Gasteiger partial charge in [0.15, 0.2) is 11.6 Å². The maximum Gasteiger partial charge on any atom is 0.419 e. The summed E-state index contributed by atoms with van der Waals surface area (Å²) in [5.41, 5.74) is 5.75. The zero-order valence-electron chi connectivity index (χ0n) is 13.6. The van der Waals surface area contributed by atoms with Crippen LogP contribution >= 0.6 is 0 Å². The van der Waals surface area contributed by atoms with Crippen molar-refractivity contribution in [3.05, 3.63) is 41.2 Å². The van der Waals surface area contributed by atoms with Gasteiger partial charge in [-0.2, -0.15) is 13.2 Å². The molecule has 0 amide bonds. The Kier molecular flexibility index (Phi) is 5.16. The molecule has 130 valence electrons. The standard InChI is InChI=1S/C16H19F3N4O/c1-4-10-5-8-13(24-3)15(22-10)21-9(2)12-7-6-11(14(20)23-12)16(17,18)19/h5-9H,4H2,1-3H3,(H2,20,23)(H,21,22). The predicted octanol–water partition coefficient (Wildman–Crippen LogP) is 3.82. The molecule has 0 fully saturated rings. The highest BCUT2D eigenvalue weighted by molar-refractivity contribution is 5.52. The summed E-state index contributed by atoms with van der Waals surface area (Å²) in [5.74, 6) is 0.499. The van der Waals surface area contributed by atoms with Gasteiger partial charge in [0.2, 0.25) is 0 Å². The maximum atomic E-state index is 12.7. The average Bonchev–Trinajstić information content (AvgIpc) is 2.53. The number of nitrogen functional groups attached to an aromatic ring is 1. The number of pyridine rings is 2. The molecule has 8 heteroatoms. The molecule has 0 spiro atoms. The fourth-order valence-electron chi connectivity index (χ4n) is 2.20. The molecular formula is C16H19F3N4O. The van der Waals surface area contributed by atoms with Crippen LogP contribution in [0.4, 0.5) is 24.8 Å². The Morgan fingerprint density at radius 2 is 1.92 bits per heavy atom. The molecule has 0 bridgehead atoms. The van der Waals surface area contributed by atoms with E-state index in [2.05, 4.69) is 15.3 Å². The van der Waals surface area contributed by atoms with Gasteiger partial charge in [-0.25, -0.2) is 9.97 Å². The van der Waals surface area contributed by atoms with Crippen molar-refractivity contribution in [3.8, 4) is 5.75 Å². The quantitative estimate of drug-likeness (QED) is 0.865. The van der Waals surface area contributed by atoms with Crippen LogP contribution in [0, 0.1) is 0 Å². The Balaban J connectivity index is 2.27. The van der Waals surface area contributed by atoms with E-state index in [1.54, 1.807) is 13.0 Å². The number of nitrogens with two attached hydrogens (primary N) is 1. The molecule has 0 saturated heterocycles. The van der Waals surface area contributed by atoms with Crippen molar-refractivity contribution >= 4 is 11.6 Å². The van der Waals surface area contributed by atoms with Gasteiger partial charge in [0.05, 0.1) is 24.4 Å². The Labute approximate surface area is 138 Å². The maximum absolute atomic E-state index is 12.7. The molecule has 0 aliphatic carbocycles. The average molecular weight is 340 g/mol. The Bertz CT molecular complexity index is 719. The van der Waals surface area contributed by atoms with E-state index in [0.717, 1.165) is 18.2 Å². The normalized spacial score (nSPS) is 12.8. The number of aryl methyl sites for hydroxylation is 1. The molecular weight excluding hydrogens is 321 g/mol. The highest BCUT2D eigenvalue weighted by Gasteiger charge is 2.33. The van der Waals surface area contributed by atoms with Crippen molar-refractivity contribution < 1.29 is 17.9 Å². The minimum atomic E-state index is -4.52. The van der Waals surface area contributed by atoms with Crippen LogP contribution in [-0.4, -0.2) is 17.1 Å². The van der Waals surface area contributed by atoms with Gasteiger partial charge in [-0.3, -0.25) is 0 Å². The number of rotatable bonds is 5. The summed E-state index contributed by atoms with van der Waals surface area (Å²) in [4.78, 5) is 8.29. The summed E-state index contributed by atoms with van der Waals surface area (Å²) in [7, 11) is 1.52. The fraction of sp³-hybridized carbons (Fsp3) is 0.375. The number of ether oxygens (including phenoxy) is 1. The number of methoxy groups -OCH3 is 1. The van der Waals surface area contributed by atoms with Gasteiger partial charge in [-0.1, -0.05) is 6.92 Å². The summed E-state index contributed by atoms with van der Waals surface area (Å²) in [6, 6.07) is 5.47. The van der Waals surface area contributed by atoms with Crippen molar-refractivity contribution in [2.45, 2.75) is 32.5 Å². The van der Waals surface area contributed by atoms with Gasteiger partial charge in [0, 0.05) is 5.69 Å². The molecule has 0 aliphatic rings. The van der Waals surface area contributed by atoms with Crippen LogP contribution in [-0.2, 0) is 12.6 Å². The zero-order chi connectivity index (χ0) is 17.9. The first kappa shape index (κ1) is 17.8. The predicted molar refractivity (Wildman–Crippen MR) is 85.9 cm³/mol. The van der Waals surface area contributed by atoms with Gasteiger partial charge in [-0.15, -0.1) is 0 Å². The van der Waals surface area contributed by atoms with E-state index in [1.807, 2.05) is 13.0 Å². The second kappa shape index (κ2) is 6.94. The molecule has 5 nitrogen and oxygen atoms in total. The molecule has 0 saturated carbocycles. The van der Waals surface area contributed by atoms with Crippen LogP contribution in [0.1, 0.15) is 36.8 Å². The molecule has 2 heterocycles. The number of alkyl halides is 3. The molecule has 0 radical (unpaired) electrons. The second-order valence-electron chi connectivity index (χ2n) is 5.24. The number of hydrogen-bond donors (Lipinski definition) is 2. The molecule has 2 aromatic heterocycles. The van der Waals surface area contributed by atoms with Gasteiger partial charge < -0.3 is 15.8 Å². The topological polar surface area (TPSA) is 73.1 Å². The molecule has 2 aromatic rings. The molecule has 1 atom stereocenters. The van der Waals surface area contributed by atoms with Crippen molar-refractivity contribution in [2.24, 2.45) is 0 Å². The van der Waals surface area contributed by atoms with Crippen LogP contribution in [0.3, 0.4) is 0 Å². The lowest BCUT2D eigenvalue weighted by molar-refractivity contribution is -0.137. The number of anilines is 2. The van der Waals surface area contributed by atoms with Crippen LogP contribution in [0.2, 0.25) is 0 Å². The van der Waals surface area contributed by atoms with E-state index in [1.165, 1.54) is 13.2 Å². The highest BCUT2D eigenvalue weighted by atomic mass is 19.4. The monoisotopic (exact) mass is 340 g/mol. The summed E-state index contributed by atoms with van der Waals surface area (Å²) >= 11 is 0. The fourth-order valence-corrected chi connectivity index (χ4v) is 2.20. The molecule has 0 aromatic carbocycles. The minimum Gasteiger partial charge on any atom is -0.493 e. The van der Waals surface area contributed by atoms with Gasteiger partial charge in [-0.05, 0) is 37.6 Å². The molecule has 3 N–H and O–H groups in total. The number of nitrogens with one attached hydrogen (secondary N) is 1. The van der Waals surface area contributed by atoms with Crippen molar-refractivity contribution in [3.63, 3.8) is 0 Å². The number of nitrogens with zero attached hydrogens (tertiary/aromatic N) is 2. The van der Waals surface area contributed by atoms with Crippen molar-refractivity contribution in [2.75, 3.05) is 18.2 Å².